The van der Waals surface area contributed by atoms with E-state index in [0.717, 1.165) is 36.2 Å². The van der Waals surface area contributed by atoms with Crippen molar-refractivity contribution in [2.24, 2.45) is 17.3 Å². The Bertz CT molecular complexity index is 1190. The number of hydrogen-bond acceptors (Lipinski definition) is 3. The molecule has 1 N–H and O–H groups in total. The van der Waals surface area contributed by atoms with E-state index in [1.165, 1.54) is 19.3 Å². The van der Waals surface area contributed by atoms with Gasteiger partial charge in [-0.05, 0) is 67.9 Å². The normalized spacial score (nSPS) is 24.1. The van der Waals surface area contributed by atoms with Crippen LogP contribution in [0.3, 0.4) is 0 Å². The van der Waals surface area contributed by atoms with Crippen molar-refractivity contribution in [2.75, 3.05) is 5.32 Å². The Morgan fingerprint density at radius 3 is 2.53 bits per heavy atom. The number of nitrogens with zero attached hydrogens (tertiary/aromatic N) is 2. The summed E-state index contributed by atoms with van der Waals surface area (Å²) >= 11 is 0. The number of hydrogen-bond donors (Lipinski definition) is 1. The summed E-state index contributed by atoms with van der Waals surface area (Å²) in [4.78, 5) is 22.8. The van der Waals surface area contributed by atoms with Gasteiger partial charge in [-0.25, -0.2) is 9.97 Å². The molecule has 4 nitrogen and oxygen atoms in total. The van der Waals surface area contributed by atoms with Crippen LogP contribution in [-0.4, -0.2) is 15.9 Å². The molecule has 1 saturated carbocycles. The average Bonchev–Trinajstić information content (AvgIpc) is 2.95. The molecule has 1 amide bonds. The van der Waals surface area contributed by atoms with Crippen molar-refractivity contribution in [2.45, 2.75) is 52.4 Å². The molecule has 3 unspecified atom stereocenters. The van der Waals surface area contributed by atoms with Crippen molar-refractivity contribution in [3.8, 4) is 11.3 Å². The lowest BCUT2D eigenvalue weighted by molar-refractivity contribution is 0.102. The smallest absolute Gasteiger partial charge is 0.256 e. The highest BCUT2D eigenvalue weighted by Gasteiger charge is 2.40. The van der Waals surface area contributed by atoms with E-state index >= 15 is 0 Å². The average molecular weight is 452 g/mol. The fourth-order valence-electron chi connectivity index (χ4n) is 6.09. The summed E-state index contributed by atoms with van der Waals surface area (Å²) in [5.41, 5.74) is 5.18. The van der Waals surface area contributed by atoms with Gasteiger partial charge in [-0.3, -0.25) is 4.79 Å². The second-order valence-electron chi connectivity index (χ2n) is 10.4. The van der Waals surface area contributed by atoms with Crippen LogP contribution < -0.4 is 5.32 Å². The standard InChI is InChI=1S/C30H33N3O/c1-21-13-14-23-15-22(2)17-30(16-21,18-23)19-26-28(33-29(34)25-11-7-4-8-12-25)31-20-27(32-26)24-9-5-3-6-10-24/h3-12,15,20-22H,13-14,16-19H2,1-2H3,(H,31,33,34). The molecule has 0 aliphatic heterocycles. The monoisotopic (exact) mass is 451 g/mol. The quantitative estimate of drug-likeness (QED) is 0.421. The van der Waals surface area contributed by atoms with Crippen molar-refractivity contribution in [1.82, 2.24) is 9.97 Å². The molecule has 1 heterocycles. The number of rotatable bonds is 5. The van der Waals surface area contributed by atoms with Gasteiger partial charge < -0.3 is 5.32 Å². The van der Waals surface area contributed by atoms with Crippen LogP contribution in [0.2, 0.25) is 0 Å². The fraction of sp³-hybridized carbons (Fsp3) is 0.367. The Balaban J connectivity index is 1.53. The van der Waals surface area contributed by atoms with Crippen LogP contribution in [-0.2, 0) is 6.42 Å². The molecule has 1 aromatic heterocycles. The van der Waals surface area contributed by atoms with Crippen molar-refractivity contribution >= 4 is 11.7 Å². The first-order valence-corrected chi connectivity index (χ1v) is 12.5. The summed E-state index contributed by atoms with van der Waals surface area (Å²) < 4.78 is 0. The van der Waals surface area contributed by atoms with Crippen LogP contribution in [0.25, 0.3) is 11.3 Å². The number of fused-ring (bicyclic) bond motifs is 2. The molecule has 2 aromatic carbocycles. The minimum atomic E-state index is -0.145. The Kier molecular flexibility index (Phi) is 6.32. The van der Waals surface area contributed by atoms with E-state index in [1.807, 2.05) is 48.5 Å². The number of carbonyl (C=O) groups is 1. The summed E-state index contributed by atoms with van der Waals surface area (Å²) in [5, 5.41) is 3.08. The van der Waals surface area contributed by atoms with Gasteiger partial charge in [-0.15, -0.1) is 0 Å². The SMILES string of the molecule is CC1C=C2CCC(C)CC(Cc3nc(-c4ccccc4)cnc3NC(=O)c3ccccc3)(C2)C1. The first kappa shape index (κ1) is 22.5. The third-order valence-corrected chi connectivity index (χ3v) is 7.34. The fourth-order valence-corrected chi connectivity index (χ4v) is 6.09. The summed E-state index contributed by atoms with van der Waals surface area (Å²) in [5.74, 6) is 1.70. The molecule has 5 rings (SSSR count). The van der Waals surface area contributed by atoms with Gasteiger partial charge in [0.2, 0.25) is 0 Å². The Labute approximate surface area is 202 Å². The summed E-state index contributed by atoms with van der Waals surface area (Å²) in [6.07, 6.45) is 11.1. The zero-order valence-corrected chi connectivity index (χ0v) is 20.1. The molecule has 174 valence electrons. The lowest BCUT2D eigenvalue weighted by atomic mass is 9.65. The number of aromatic nitrogens is 2. The zero-order chi connectivity index (χ0) is 23.5. The summed E-state index contributed by atoms with van der Waals surface area (Å²) in [7, 11) is 0. The first-order valence-electron chi connectivity index (χ1n) is 12.5. The third-order valence-electron chi connectivity index (χ3n) is 7.34. The molecule has 4 heteroatoms. The van der Waals surface area contributed by atoms with Gasteiger partial charge in [0.25, 0.3) is 5.91 Å². The van der Waals surface area contributed by atoms with Gasteiger partial charge in [0.15, 0.2) is 5.82 Å². The van der Waals surface area contributed by atoms with E-state index in [2.05, 4.69) is 37.4 Å². The van der Waals surface area contributed by atoms with Gasteiger partial charge in [0.1, 0.15) is 0 Å². The molecule has 2 aliphatic rings. The first-order chi connectivity index (χ1) is 16.5. The predicted molar refractivity (Wildman–Crippen MR) is 137 cm³/mol. The zero-order valence-electron chi connectivity index (χ0n) is 20.1. The lowest BCUT2D eigenvalue weighted by Crippen LogP contribution is -2.31. The van der Waals surface area contributed by atoms with Crippen LogP contribution >= 0.6 is 0 Å². The number of benzene rings is 2. The minimum absolute atomic E-state index is 0.145. The van der Waals surface area contributed by atoms with E-state index in [4.69, 9.17) is 9.97 Å². The highest BCUT2D eigenvalue weighted by Crippen LogP contribution is 2.50. The Morgan fingerprint density at radius 2 is 1.76 bits per heavy atom. The third kappa shape index (κ3) is 4.96. The number of nitrogens with one attached hydrogen (secondary N) is 1. The number of carbonyl (C=O) groups excluding carboxylic acids is 1. The van der Waals surface area contributed by atoms with Gasteiger partial charge in [-0.2, -0.15) is 0 Å². The molecule has 2 aliphatic carbocycles. The molecular formula is C30H33N3O. The Hall–Kier alpha value is -3.27. The second-order valence-corrected chi connectivity index (χ2v) is 10.4. The van der Waals surface area contributed by atoms with Crippen molar-refractivity contribution in [3.05, 3.63) is 89.8 Å². The molecule has 0 spiro atoms. The molecule has 0 radical (unpaired) electrons. The Morgan fingerprint density at radius 1 is 1.03 bits per heavy atom. The molecule has 0 saturated heterocycles. The van der Waals surface area contributed by atoms with E-state index in [0.29, 0.717) is 23.2 Å². The van der Waals surface area contributed by atoms with Crippen LogP contribution in [0, 0.1) is 17.3 Å². The minimum Gasteiger partial charge on any atom is -0.305 e. The second kappa shape index (κ2) is 9.54. The van der Waals surface area contributed by atoms with Gasteiger partial charge in [-0.1, -0.05) is 74.0 Å². The van der Waals surface area contributed by atoms with E-state index in [-0.39, 0.29) is 11.3 Å². The maximum absolute atomic E-state index is 13.0. The highest BCUT2D eigenvalue weighted by molar-refractivity contribution is 6.04. The maximum Gasteiger partial charge on any atom is 0.256 e. The van der Waals surface area contributed by atoms with Crippen LogP contribution in [0.1, 0.15) is 62.0 Å². The number of allylic oxidation sites excluding steroid dienone is 2. The predicted octanol–water partition coefficient (Wildman–Crippen LogP) is 7.10. The summed E-state index contributed by atoms with van der Waals surface area (Å²) in [6, 6.07) is 19.5. The largest absolute Gasteiger partial charge is 0.305 e. The van der Waals surface area contributed by atoms with Crippen LogP contribution in [0.5, 0.6) is 0 Å². The van der Waals surface area contributed by atoms with E-state index in [1.54, 1.807) is 11.8 Å². The van der Waals surface area contributed by atoms with Crippen molar-refractivity contribution < 1.29 is 4.79 Å². The summed E-state index contributed by atoms with van der Waals surface area (Å²) in [6.45, 7) is 4.73. The molecule has 2 bridgehead atoms. The van der Waals surface area contributed by atoms with E-state index in [9.17, 15) is 4.79 Å². The van der Waals surface area contributed by atoms with Crippen LogP contribution in [0.4, 0.5) is 5.82 Å². The van der Waals surface area contributed by atoms with E-state index < -0.39 is 0 Å². The topological polar surface area (TPSA) is 54.9 Å². The molecule has 34 heavy (non-hydrogen) atoms. The van der Waals surface area contributed by atoms with Gasteiger partial charge >= 0.3 is 0 Å². The molecular weight excluding hydrogens is 418 g/mol. The number of amides is 1. The van der Waals surface area contributed by atoms with Crippen molar-refractivity contribution in [1.29, 1.82) is 0 Å². The molecule has 3 aromatic rings. The molecule has 3 atom stereocenters. The van der Waals surface area contributed by atoms with Gasteiger partial charge in [0.05, 0.1) is 17.6 Å². The molecule has 1 fully saturated rings. The van der Waals surface area contributed by atoms with Gasteiger partial charge in [0, 0.05) is 11.1 Å². The van der Waals surface area contributed by atoms with Crippen LogP contribution in [0.15, 0.2) is 78.5 Å². The van der Waals surface area contributed by atoms with Crippen molar-refractivity contribution in [3.63, 3.8) is 0 Å². The highest BCUT2D eigenvalue weighted by atomic mass is 16.1. The number of anilines is 1. The lowest BCUT2D eigenvalue weighted by Gasteiger charge is -2.39. The maximum atomic E-state index is 13.0.